The van der Waals surface area contributed by atoms with Gasteiger partial charge in [-0.2, -0.15) is 0 Å². The summed E-state index contributed by atoms with van der Waals surface area (Å²) in [6.07, 6.45) is 6.79. The number of fused-ring (bicyclic) bond motifs is 2. The number of pyridine rings is 1. The fraction of sp³-hybridized carbons (Fsp3) is 0.520. The first-order valence-electron chi connectivity index (χ1n) is 11.2. The second-order valence-corrected chi connectivity index (χ2v) is 9.77. The molecule has 1 aromatic heterocycles. The van der Waals surface area contributed by atoms with E-state index in [1.807, 2.05) is 31.2 Å². The van der Waals surface area contributed by atoms with Gasteiger partial charge in [0.05, 0.1) is 0 Å². The molecule has 3 bridgehead atoms. The van der Waals surface area contributed by atoms with Gasteiger partial charge in [0, 0.05) is 29.4 Å². The van der Waals surface area contributed by atoms with Gasteiger partial charge >= 0.3 is 0 Å². The van der Waals surface area contributed by atoms with Gasteiger partial charge in [-0.3, -0.25) is 4.79 Å². The van der Waals surface area contributed by atoms with Gasteiger partial charge in [-0.25, -0.2) is 9.37 Å². The number of hydrogen-bond donors (Lipinski definition) is 2. The Morgan fingerprint density at radius 3 is 2.67 bits per heavy atom. The third-order valence-corrected chi connectivity index (χ3v) is 7.56. The second kappa shape index (κ2) is 7.77. The molecule has 5 unspecified atom stereocenters. The predicted octanol–water partition coefficient (Wildman–Crippen LogP) is 4.39. The van der Waals surface area contributed by atoms with Crippen LogP contribution in [-0.2, 0) is 6.54 Å². The van der Waals surface area contributed by atoms with Gasteiger partial charge in [0.1, 0.15) is 11.5 Å². The van der Waals surface area contributed by atoms with Gasteiger partial charge in [-0.05, 0) is 81.4 Å². The quantitative estimate of drug-likeness (QED) is 0.773. The number of halogens is 1. The Labute approximate surface area is 177 Å². The topological polar surface area (TPSA) is 54.0 Å². The zero-order valence-corrected chi connectivity index (χ0v) is 17.5. The molecule has 3 saturated carbocycles. The largest absolute Gasteiger partial charge is 0.348 e. The summed E-state index contributed by atoms with van der Waals surface area (Å²) in [7, 11) is 0. The lowest BCUT2D eigenvalue weighted by atomic mass is 9.74. The average molecular weight is 408 g/mol. The third kappa shape index (κ3) is 3.87. The van der Waals surface area contributed by atoms with Crippen LogP contribution in [0.2, 0.25) is 0 Å². The summed E-state index contributed by atoms with van der Waals surface area (Å²) >= 11 is 0. The van der Waals surface area contributed by atoms with Gasteiger partial charge < -0.3 is 10.6 Å². The van der Waals surface area contributed by atoms with E-state index in [1.165, 1.54) is 18.9 Å². The van der Waals surface area contributed by atoms with Gasteiger partial charge in [0.2, 0.25) is 0 Å². The van der Waals surface area contributed by atoms with E-state index < -0.39 is 0 Å². The van der Waals surface area contributed by atoms with Gasteiger partial charge in [-0.15, -0.1) is 0 Å². The smallest absolute Gasteiger partial charge is 0.270 e. The number of nitrogens with zero attached hydrogens (tertiary/aromatic N) is 1. The number of amides is 1. The first-order valence-corrected chi connectivity index (χ1v) is 11.2. The van der Waals surface area contributed by atoms with Crippen molar-refractivity contribution in [1.82, 2.24) is 15.6 Å². The summed E-state index contributed by atoms with van der Waals surface area (Å²) in [5.41, 5.74) is 2.26. The van der Waals surface area contributed by atoms with Crippen LogP contribution in [0.25, 0.3) is 0 Å². The van der Waals surface area contributed by atoms with Crippen molar-refractivity contribution in [2.24, 2.45) is 17.8 Å². The van der Waals surface area contributed by atoms with Gasteiger partial charge in [0.25, 0.3) is 5.91 Å². The van der Waals surface area contributed by atoms with Crippen molar-refractivity contribution in [2.45, 2.75) is 63.6 Å². The number of aryl methyl sites for hydroxylation is 1. The zero-order chi connectivity index (χ0) is 20.7. The highest BCUT2D eigenvalue weighted by Gasteiger charge is 2.52. The number of carbonyl (C=O) groups excluding carboxylic acids is 1. The number of aromatic nitrogens is 1. The Hall–Kier alpha value is -2.27. The maximum absolute atomic E-state index is 14.1. The number of benzene rings is 1. The summed E-state index contributed by atoms with van der Waals surface area (Å²) in [6.45, 7) is 2.51. The maximum atomic E-state index is 14.1. The highest BCUT2D eigenvalue weighted by Crippen LogP contribution is 2.55. The molecule has 5 rings (SSSR count). The maximum Gasteiger partial charge on any atom is 0.270 e. The lowest BCUT2D eigenvalue weighted by Crippen LogP contribution is -2.48. The Balaban J connectivity index is 1.25. The minimum absolute atomic E-state index is 0.0524. The highest BCUT2D eigenvalue weighted by molar-refractivity contribution is 5.92. The van der Waals surface area contributed by atoms with Crippen LogP contribution < -0.4 is 10.6 Å². The molecular weight excluding hydrogens is 377 g/mol. The zero-order valence-electron chi connectivity index (χ0n) is 17.5. The van der Waals surface area contributed by atoms with Gasteiger partial charge in [-0.1, -0.05) is 24.3 Å². The number of hydrogen-bond acceptors (Lipinski definition) is 3. The standard InChI is InChI=1S/C25H30FN3O/c1-16-5-4-8-23(28-16)24(30)29-21-10-17-9-19-13-25(12-17,14-20(19)11-21)27-15-18-6-2-3-7-22(18)26/h2-8,17,19-21,27H,9-15H2,1H3,(H,29,30). The van der Waals surface area contributed by atoms with Crippen LogP contribution in [0.3, 0.4) is 0 Å². The molecule has 0 radical (unpaired) electrons. The van der Waals surface area contributed by atoms with E-state index in [2.05, 4.69) is 15.6 Å². The van der Waals surface area contributed by atoms with E-state index in [0.717, 1.165) is 42.9 Å². The van der Waals surface area contributed by atoms with Crippen LogP contribution in [0, 0.1) is 30.5 Å². The molecule has 0 aliphatic heterocycles. The molecule has 30 heavy (non-hydrogen) atoms. The molecule has 1 amide bonds. The lowest BCUT2D eigenvalue weighted by molar-refractivity contribution is 0.0914. The SMILES string of the molecule is Cc1cccc(C(=O)NC2CC3CC4CC(NCc5ccccc5F)(C3)CC4C2)n1. The van der Waals surface area contributed by atoms with Crippen molar-refractivity contribution in [1.29, 1.82) is 0 Å². The molecule has 5 heteroatoms. The Kier molecular flexibility index (Phi) is 5.10. The first kappa shape index (κ1) is 19.7. The van der Waals surface area contributed by atoms with Crippen LogP contribution >= 0.6 is 0 Å². The Morgan fingerprint density at radius 2 is 1.87 bits per heavy atom. The number of rotatable bonds is 5. The highest BCUT2D eigenvalue weighted by atomic mass is 19.1. The van der Waals surface area contributed by atoms with E-state index in [0.29, 0.717) is 24.1 Å². The molecule has 2 aromatic rings. The van der Waals surface area contributed by atoms with Crippen LogP contribution in [0.5, 0.6) is 0 Å². The minimum atomic E-state index is -0.125. The second-order valence-electron chi connectivity index (χ2n) is 9.77. The van der Waals surface area contributed by atoms with Crippen molar-refractivity contribution in [3.8, 4) is 0 Å². The molecule has 3 fully saturated rings. The normalized spacial score (nSPS) is 32.1. The molecule has 1 aromatic carbocycles. The monoisotopic (exact) mass is 407 g/mol. The summed E-state index contributed by atoms with van der Waals surface area (Å²) in [6, 6.07) is 12.9. The van der Waals surface area contributed by atoms with E-state index >= 15 is 0 Å². The molecule has 1 heterocycles. The molecule has 2 N–H and O–H groups in total. The van der Waals surface area contributed by atoms with E-state index in [-0.39, 0.29) is 23.3 Å². The predicted molar refractivity (Wildman–Crippen MR) is 114 cm³/mol. The minimum Gasteiger partial charge on any atom is -0.348 e. The van der Waals surface area contributed by atoms with Crippen molar-refractivity contribution in [3.05, 3.63) is 65.2 Å². The van der Waals surface area contributed by atoms with Crippen molar-refractivity contribution >= 4 is 5.91 Å². The van der Waals surface area contributed by atoms with Crippen molar-refractivity contribution in [2.75, 3.05) is 0 Å². The first-order chi connectivity index (χ1) is 14.5. The molecule has 3 aliphatic rings. The number of carbonyl (C=O) groups is 1. The molecule has 4 nitrogen and oxygen atoms in total. The third-order valence-electron chi connectivity index (χ3n) is 7.56. The fourth-order valence-corrected chi connectivity index (χ4v) is 6.43. The summed E-state index contributed by atoms with van der Waals surface area (Å²) in [4.78, 5) is 17.1. The Morgan fingerprint density at radius 1 is 1.07 bits per heavy atom. The summed E-state index contributed by atoms with van der Waals surface area (Å²) in [5, 5.41) is 7.04. The molecule has 0 spiro atoms. The van der Waals surface area contributed by atoms with Crippen molar-refractivity contribution < 1.29 is 9.18 Å². The summed E-state index contributed by atoms with van der Waals surface area (Å²) in [5.74, 6) is 1.78. The van der Waals surface area contributed by atoms with E-state index in [9.17, 15) is 9.18 Å². The van der Waals surface area contributed by atoms with Gasteiger partial charge in [0.15, 0.2) is 0 Å². The Bertz CT molecular complexity index is 943. The van der Waals surface area contributed by atoms with Crippen LogP contribution in [0.4, 0.5) is 4.39 Å². The average Bonchev–Trinajstić information content (AvgIpc) is 2.89. The lowest BCUT2D eigenvalue weighted by Gasteiger charge is -2.40. The number of nitrogens with one attached hydrogen (secondary N) is 2. The van der Waals surface area contributed by atoms with Crippen LogP contribution in [0.15, 0.2) is 42.5 Å². The van der Waals surface area contributed by atoms with E-state index in [1.54, 1.807) is 12.1 Å². The summed E-state index contributed by atoms with van der Waals surface area (Å²) < 4.78 is 14.1. The van der Waals surface area contributed by atoms with E-state index in [4.69, 9.17) is 0 Å². The molecular formula is C25H30FN3O. The van der Waals surface area contributed by atoms with Crippen LogP contribution in [0.1, 0.15) is 60.3 Å². The molecule has 5 atom stereocenters. The fourth-order valence-electron chi connectivity index (χ4n) is 6.43. The van der Waals surface area contributed by atoms with Crippen molar-refractivity contribution in [3.63, 3.8) is 0 Å². The van der Waals surface area contributed by atoms with Crippen LogP contribution in [-0.4, -0.2) is 22.5 Å². The molecule has 158 valence electrons. The molecule has 3 aliphatic carbocycles. The molecule has 0 saturated heterocycles.